The van der Waals surface area contributed by atoms with Crippen LogP contribution in [0.15, 0.2) is 18.2 Å². The Hall–Kier alpha value is -1.23. The molecule has 0 N–H and O–H groups in total. The molecular weight excluding hydrogens is 473 g/mol. The fourth-order valence-corrected chi connectivity index (χ4v) is 5.81. The molecule has 3 atom stereocenters. The second-order valence-electron chi connectivity index (χ2n) is 13.2. The number of benzene rings is 1. The van der Waals surface area contributed by atoms with Gasteiger partial charge in [0.25, 0.3) is 0 Å². The normalized spacial score (nSPS) is 34.2. The van der Waals surface area contributed by atoms with E-state index in [2.05, 4.69) is 48.5 Å². The average molecular weight is 514 g/mol. The van der Waals surface area contributed by atoms with Crippen molar-refractivity contribution in [3.05, 3.63) is 18.2 Å². The Bertz CT molecular complexity index is 1050. The standard InChI is InChI=1S/C26H41B3O8/c1-17(26(11)24(8,9)35-29(37-26)28-33-21(2,3)22(4,5)34-28)25(10)23(6,7)32-27(36-25)18-12-13-19-20(16-18)31-15-14-30-19/h12-13,16-17H,14-15H2,1-11H3. The summed E-state index contributed by atoms with van der Waals surface area (Å²) in [6.07, 6.45) is 0. The van der Waals surface area contributed by atoms with Gasteiger partial charge in [0, 0.05) is 5.92 Å². The van der Waals surface area contributed by atoms with Gasteiger partial charge < -0.3 is 37.4 Å². The van der Waals surface area contributed by atoms with E-state index < -0.39 is 54.7 Å². The summed E-state index contributed by atoms with van der Waals surface area (Å²) in [5.41, 5.74) is -2.81. The molecule has 0 radical (unpaired) electrons. The van der Waals surface area contributed by atoms with Crippen LogP contribution in [0.5, 0.6) is 11.5 Å². The maximum absolute atomic E-state index is 6.78. The Morgan fingerprint density at radius 2 is 1.08 bits per heavy atom. The monoisotopic (exact) mass is 514 g/mol. The number of hydrogen-bond acceptors (Lipinski definition) is 8. The molecule has 0 saturated carbocycles. The van der Waals surface area contributed by atoms with Gasteiger partial charge in [0.2, 0.25) is 0 Å². The van der Waals surface area contributed by atoms with Crippen LogP contribution in [0.3, 0.4) is 0 Å². The van der Waals surface area contributed by atoms with Crippen molar-refractivity contribution in [3.8, 4) is 11.5 Å². The van der Waals surface area contributed by atoms with Crippen LogP contribution in [0.2, 0.25) is 0 Å². The summed E-state index contributed by atoms with van der Waals surface area (Å²) in [6.45, 7) is 23.8. The minimum atomic E-state index is -0.738. The highest BCUT2D eigenvalue weighted by Crippen LogP contribution is 2.54. The maximum atomic E-state index is 6.78. The third-order valence-electron chi connectivity index (χ3n) is 9.90. The molecule has 1 aromatic carbocycles. The van der Waals surface area contributed by atoms with Crippen LogP contribution >= 0.6 is 0 Å². The van der Waals surface area contributed by atoms with Crippen molar-refractivity contribution in [1.29, 1.82) is 0 Å². The summed E-state index contributed by atoms with van der Waals surface area (Å²) < 4.78 is 50.6. The maximum Gasteiger partial charge on any atom is 0.494 e. The molecule has 4 aliphatic rings. The van der Waals surface area contributed by atoms with Gasteiger partial charge in [-0.15, -0.1) is 0 Å². The Balaban J connectivity index is 1.40. The first-order valence-corrected chi connectivity index (χ1v) is 13.4. The third kappa shape index (κ3) is 4.07. The Morgan fingerprint density at radius 3 is 1.70 bits per heavy atom. The van der Waals surface area contributed by atoms with E-state index >= 15 is 0 Å². The molecule has 1 aromatic rings. The van der Waals surface area contributed by atoms with Gasteiger partial charge >= 0.3 is 21.1 Å². The molecule has 0 amide bonds. The molecule has 4 heterocycles. The molecule has 0 spiro atoms. The van der Waals surface area contributed by atoms with Gasteiger partial charge in [0.05, 0.1) is 33.6 Å². The van der Waals surface area contributed by atoms with Gasteiger partial charge in [0.15, 0.2) is 11.5 Å². The predicted molar refractivity (Wildman–Crippen MR) is 143 cm³/mol. The molecule has 0 aromatic heterocycles. The second-order valence-corrected chi connectivity index (χ2v) is 13.2. The van der Waals surface area contributed by atoms with E-state index in [-0.39, 0.29) is 5.92 Å². The highest BCUT2D eigenvalue weighted by molar-refractivity contribution is 7.11. The van der Waals surface area contributed by atoms with E-state index in [4.69, 9.17) is 37.4 Å². The minimum Gasteiger partial charge on any atom is -0.486 e. The zero-order chi connectivity index (χ0) is 27.2. The van der Waals surface area contributed by atoms with Crippen LogP contribution in [-0.4, -0.2) is 68.0 Å². The third-order valence-corrected chi connectivity index (χ3v) is 9.90. The lowest BCUT2D eigenvalue weighted by molar-refractivity contribution is -0.143. The average Bonchev–Trinajstić information content (AvgIpc) is 3.30. The van der Waals surface area contributed by atoms with E-state index in [0.717, 1.165) is 11.2 Å². The lowest BCUT2D eigenvalue weighted by Gasteiger charge is -2.51. The number of hydrogen-bond donors (Lipinski definition) is 0. The fourth-order valence-electron chi connectivity index (χ4n) is 5.81. The summed E-state index contributed by atoms with van der Waals surface area (Å²) in [7, 11) is -1.87. The van der Waals surface area contributed by atoms with Crippen molar-refractivity contribution in [1.82, 2.24) is 0 Å². The highest BCUT2D eigenvalue weighted by Gasteiger charge is 2.70. The van der Waals surface area contributed by atoms with Gasteiger partial charge in [-0.3, -0.25) is 0 Å². The van der Waals surface area contributed by atoms with E-state index in [1.54, 1.807) is 0 Å². The highest BCUT2D eigenvalue weighted by atomic mass is 16.7. The molecule has 11 heteroatoms. The van der Waals surface area contributed by atoms with Crippen LogP contribution in [-0.2, 0) is 27.9 Å². The quantitative estimate of drug-likeness (QED) is 0.565. The molecule has 8 nitrogen and oxygen atoms in total. The van der Waals surface area contributed by atoms with Crippen molar-refractivity contribution >= 4 is 26.6 Å². The van der Waals surface area contributed by atoms with Crippen LogP contribution in [0.4, 0.5) is 0 Å². The number of fused-ring (bicyclic) bond motifs is 1. The zero-order valence-electron chi connectivity index (χ0n) is 24.2. The Labute approximate surface area is 222 Å². The minimum absolute atomic E-state index is 0.139. The first-order valence-electron chi connectivity index (χ1n) is 13.4. The zero-order valence-corrected chi connectivity index (χ0v) is 24.2. The Morgan fingerprint density at radius 1 is 0.595 bits per heavy atom. The summed E-state index contributed by atoms with van der Waals surface area (Å²) >= 11 is 0. The molecular formula is C26H41B3O8. The van der Waals surface area contributed by atoms with E-state index in [1.807, 2.05) is 45.9 Å². The molecule has 3 unspecified atom stereocenters. The second kappa shape index (κ2) is 8.39. The molecule has 202 valence electrons. The summed E-state index contributed by atoms with van der Waals surface area (Å²) in [6, 6.07) is 5.83. The van der Waals surface area contributed by atoms with Crippen molar-refractivity contribution in [2.75, 3.05) is 13.2 Å². The SMILES string of the molecule is CC(C1(C)OB(B2OC(C)(C)C(C)(C)O2)OC1(C)C)C1(C)OB(c2ccc3c(c2)OCCO3)OC1(C)C. The van der Waals surface area contributed by atoms with Gasteiger partial charge in [-0.25, -0.2) is 0 Å². The van der Waals surface area contributed by atoms with E-state index in [9.17, 15) is 0 Å². The number of rotatable bonds is 4. The molecule has 5 rings (SSSR count). The largest absolute Gasteiger partial charge is 0.494 e. The van der Waals surface area contributed by atoms with Gasteiger partial charge in [-0.2, -0.15) is 0 Å². The van der Waals surface area contributed by atoms with Crippen molar-refractivity contribution < 1.29 is 37.4 Å². The van der Waals surface area contributed by atoms with Crippen LogP contribution in [0, 0.1) is 5.92 Å². The molecule has 4 aliphatic heterocycles. The summed E-state index contributed by atoms with van der Waals surface area (Å²) in [5.74, 6) is 1.31. The van der Waals surface area contributed by atoms with Crippen molar-refractivity contribution in [3.63, 3.8) is 0 Å². The topological polar surface area (TPSA) is 73.8 Å². The van der Waals surface area contributed by atoms with E-state index in [1.165, 1.54) is 0 Å². The van der Waals surface area contributed by atoms with Crippen molar-refractivity contribution in [2.45, 2.75) is 110 Å². The van der Waals surface area contributed by atoms with Crippen molar-refractivity contribution in [2.24, 2.45) is 5.92 Å². The Kier molecular flexibility index (Phi) is 6.20. The lowest BCUT2D eigenvalue weighted by atomic mass is 9.49. The van der Waals surface area contributed by atoms with Gasteiger partial charge in [-0.1, -0.05) is 13.0 Å². The van der Waals surface area contributed by atoms with Crippen LogP contribution < -0.4 is 14.9 Å². The molecule has 0 aliphatic carbocycles. The predicted octanol–water partition coefficient (Wildman–Crippen LogP) is 3.62. The fraction of sp³-hybridized carbons (Fsp3) is 0.769. The molecule has 37 heavy (non-hydrogen) atoms. The van der Waals surface area contributed by atoms with Gasteiger partial charge in [-0.05, 0) is 86.8 Å². The summed E-state index contributed by atoms with van der Waals surface area (Å²) in [4.78, 5) is 0. The molecule has 3 fully saturated rings. The lowest BCUT2D eigenvalue weighted by Crippen LogP contribution is -2.62. The molecule has 3 saturated heterocycles. The first-order chi connectivity index (χ1) is 16.9. The summed E-state index contributed by atoms with van der Waals surface area (Å²) in [5, 5.41) is 0. The molecule has 0 bridgehead atoms. The van der Waals surface area contributed by atoms with E-state index in [0.29, 0.717) is 19.0 Å². The van der Waals surface area contributed by atoms with Gasteiger partial charge in [0.1, 0.15) is 13.2 Å². The first kappa shape index (κ1) is 27.3. The van der Waals surface area contributed by atoms with Crippen LogP contribution in [0.25, 0.3) is 0 Å². The smallest absolute Gasteiger partial charge is 0.486 e. The van der Waals surface area contributed by atoms with Crippen LogP contribution in [0.1, 0.15) is 76.2 Å². The number of ether oxygens (including phenoxy) is 2.